The lowest BCUT2D eigenvalue weighted by atomic mass is 10.6. The summed E-state index contributed by atoms with van der Waals surface area (Å²) < 4.78 is 0.841. The van der Waals surface area contributed by atoms with Crippen LogP contribution in [0.1, 0.15) is 6.92 Å². The average Bonchev–Trinajstić information content (AvgIpc) is 2.39. The lowest BCUT2D eigenvalue weighted by Crippen LogP contribution is -2.24. The van der Waals surface area contributed by atoms with Gasteiger partial charge in [-0.1, -0.05) is 0 Å². The minimum Gasteiger partial charge on any atom is -0.272 e. The maximum atomic E-state index is 10.6. The predicted octanol–water partition coefficient (Wildman–Crippen LogP) is 0.739. The molecular formula is C5H7ClN4O. The van der Waals surface area contributed by atoms with Crippen molar-refractivity contribution in [1.82, 2.24) is 14.7 Å². The molecule has 0 atom stereocenters. The normalized spacial score (nSPS) is 9.27. The third-order valence-corrected chi connectivity index (χ3v) is 1.32. The van der Waals surface area contributed by atoms with Crippen LogP contribution in [0.15, 0.2) is 12.3 Å². The maximum absolute atomic E-state index is 10.6. The zero-order valence-electron chi connectivity index (χ0n) is 5.84. The van der Waals surface area contributed by atoms with Crippen LogP contribution in [0.5, 0.6) is 0 Å². The van der Waals surface area contributed by atoms with Crippen LogP contribution >= 0.6 is 11.8 Å². The first kappa shape index (κ1) is 7.87. The van der Waals surface area contributed by atoms with Crippen LogP contribution in [0, 0.1) is 0 Å². The molecule has 0 saturated carbocycles. The first-order valence-electron chi connectivity index (χ1n) is 2.92. The molecule has 0 bridgehead atoms. The van der Waals surface area contributed by atoms with Gasteiger partial charge in [-0.25, -0.2) is 0 Å². The summed E-state index contributed by atoms with van der Waals surface area (Å²) in [6.45, 7) is 1.34. The van der Waals surface area contributed by atoms with E-state index in [0.717, 1.165) is 4.53 Å². The number of hydrogen-bond donors (Lipinski definition) is 2. The zero-order chi connectivity index (χ0) is 8.27. The van der Waals surface area contributed by atoms with Gasteiger partial charge in [0, 0.05) is 24.8 Å². The second kappa shape index (κ2) is 3.25. The number of rotatable bonds is 2. The predicted molar refractivity (Wildman–Crippen MR) is 40.6 cm³/mol. The van der Waals surface area contributed by atoms with Gasteiger partial charge in [0.2, 0.25) is 0 Å². The number of carbonyl (C=O) groups excluding carboxylic acids is 1. The first-order chi connectivity index (χ1) is 5.20. The molecule has 1 heterocycles. The van der Waals surface area contributed by atoms with Gasteiger partial charge in [-0.15, -0.1) is 0 Å². The van der Waals surface area contributed by atoms with E-state index in [0.29, 0.717) is 5.82 Å². The monoisotopic (exact) mass is 174 g/mol. The van der Waals surface area contributed by atoms with Crippen molar-refractivity contribution < 1.29 is 4.79 Å². The summed E-state index contributed by atoms with van der Waals surface area (Å²) in [7, 11) is 0. The maximum Gasteiger partial charge on any atom is 0.253 e. The molecule has 2 N–H and O–H groups in total. The van der Waals surface area contributed by atoms with E-state index in [1.807, 2.05) is 0 Å². The highest BCUT2D eigenvalue weighted by Gasteiger charge is 2.03. The Hall–Kier alpha value is -1.23. The van der Waals surface area contributed by atoms with Crippen LogP contribution < -0.4 is 5.43 Å². The molecule has 1 aromatic rings. The van der Waals surface area contributed by atoms with E-state index in [9.17, 15) is 4.79 Å². The fraction of sp³-hybridized carbons (Fsp3) is 0.200. The van der Waals surface area contributed by atoms with Crippen molar-refractivity contribution >= 4 is 23.5 Å². The van der Waals surface area contributed by atoms with Gasteiger partial charge in [-0.3, -0.25) is 15.3 Å². The van der Waals surface area contributed by atoms with Gasteiger partial charge in [0.25, 0.3) is 5.91 Å². The van der Waals surface area contributed by atoms with Crippen molar-refractivity contribution in [3.63, 3.8) is 0 Å². The molecular weight excluding hydrogens is 168 g/mol. The molecule has 11 heavy (non-hydrogen) atoms. The summed E-state index contributed by atoms with van der Waals surface area (Å²) >= 11 is 5.43. The molecule has 0 fully saturated rings. The highest BCUT2D eigenvalue weighted by Crippen LogP contribution is 2.02. The SMILES string of the molecule is CC(=O)N(Cl)Nc1ccn[nH]1. The molecule has 1 rings (SSSR count). The molecule has 6 heteroatoms. The number of halogens is 1. The second-order valence-corrected chi connectivity index (χ2v) is 2.22. The van der Waals surface area contributed by atoms with E-state index in [4.69, 9.17) is 11.8 Å². The van der Waals surface area contributed by atoms with Gasteiger partial charge >= 0.3 is 0 Å². The lowest BCUT2D eigenvalue weighted by molar-refractivity contribution is -0.123. The quantitative estimate of drug-likeness (QED) is 0.514. The topological polar surface area (TPSA) is 61.0 Å². The Morgan fingerprint density at radius 2 is 2.64 bits per heavy atom. The largest absolute Gasteiger partial charge is 0.272 e. The second-order valence-electron chi connectivity index (χ2n) is 1.88. The number of H-pyrrole nitrogens is 1. The summed E-state index contributed by atoms with van der Waals surface area (Å²) in [5.74, 6) is 0.275. The smallest absolute Gasteiger partial charge is 0.253 e. The minimum atomic E-state index is -0.290. The minimum absolute atomic E-state index is 0.290. The number of hydrogen-bond acceptors (Lipinski definition) is 3. The third kappa shape index (κ3) is 2.12. The Morgan fingerprint density at radius 3 is 3.09 bits per heavy atom. The summed E-state index contributed by atoms with van der Waals surface area (Å²) in [6.07, 6.45) is 1.55. The van der Waals surface area contributed by atoms with Crippen LogP contribution in [0.25, 0.3) is 0 Å². The van der Waals surface area contributed by atoms with Crippen molar-refractivity contribution in [2.75, 3.05) is 5.43 Å². The molecule has 60 valence electrons. The van der Waals surface area contributed by atoms with Crippen molar-refractivity contribution in [1.29, 1.82) is 0 Å². The molecule has 0 aromatic carbocycles. The van der Waals surface area contributed by atoms with E-state index < -0.39 is 0 Å². The molecule has 0 spiro atoms. The van der Waals surface area contributed by atoms with Crippen molar-refractivity contribution in [3.8, 4) is 0 Å². The molecule has 0 aliphatic carbocycles. The number of anilines is 1. The Balaban J connectivity index is 2.50. The van der Waals surface area contributed by atoms with Crippen LogP contribution in [0.2, 0.25) is 0 Å². The molecule has 5 nitrogen and oxygen atoms in total. The Kier molecular flexibility index (Phi) is 2.32. The number of nitrogens with one attached hydrogen (secondary N) is 2. The van der Waals surface area contributed by atoms with E-state index >= 15 is 0 Å². The van der Waals surface area contributed by atoms with Crippen LogP contribution in [-0.2, 0) is 4.79 Å². The number of amides is 1. The highest BCUT2D eigenvalue weighted by molar-refractivity contribution is 6.21. The zero-order valence-corrected chi connectivity index (χ0v) is 6.59. The Labute approximate surface area is 68.4 Å². The van der Waals surface area contributed by atoms with Gasteiger partial charge < -0.3 is 0 Å². The lowest BCUT2D eigenvalue weighted by Gasteiger charge is -2.10. The number of hydrazine groups is 1. The fourth-order valence-corrected chi connectivity index (χ4v) is 0.594. The molecule has 0 saturated heterocycles. The number of nitrogens with zero attached hydrogens (tertiary/aromatic N) is 2. The summed E-state index contributed by atoms with van der Waals surface area (Å²) in [5, 5.41) is 6.23. The summed E-state index contributed by atoms with van der Waals surface area (Å²) in [5.41, 5.74) is 2.55. The Morgan fingerprint density at radius 1 is 1.91 bits per heavy atom. The fourth-order valence-electron chi connectivity index (χ4n) is 0.503. The number of carbonyl (C=O) groups is 1. The van der Waals surface area contributed by atoms with E-state index in [2.05, 4.69) is 15.6 Å². The van der Waals surface area contributed by atoms with Crippen molar-refractivity contribution in [2.45, 2.75) is 6.92 Å². The Bertz CT molecular complexity index is 235. The van der Waals surface area contributed by atoms with E-state index in [1.165, 1.54) is 6.92 Å². The molecule has 0 unspecified atom stereocenters. The summed E-state index contributed by atoms with van der Waals surface area (Å²) in [6, 6.07) is 1.65. The standard InChI is InChI=1S/C5H7ClN4O/c1-4(11)10(6)9-5-2-3-7-8-5/h2-3H,1H3,(H2,7,8,9). The molecule has 0 aliphatic heterocycles. The van der Waals surface area contributed by atoms with Gasteiger partial charge in [-0.05, 0) is 0 Å². The number of aromatic nitrogens is 2. The first-order valence-corrected chi connectivity index (χ1v) is 3.26. The van der Waals surface area contributed by atoms with E-state index in [-0.39, 0.29) is 5.91 Å². The van der Waals surface area contributed by atoms with Crippen molar-refractivity contribution in [2.24, 2.45) is 0 Å². The highest BCUT2D eigenvalue weighted by atomic mass is 35.5. The van der Waals surface area contributed by atoms with Crippen LogP contribution in [-0.4, -0.2) is 20.6 Å². The van der Waals surface area contributed by atoms with Crippen molar-refractivity contribution in [3.05, 3.63) is 12.3 Å². The van der Waals surface area contributed by atoms with Gasteiger partial charge in [-0.2, -0.15) is 9.63 Å². The van der Waals surface area contributed by atoms with Gasteiger partial charge in [0.15, 0.2) is 0 Å². The van der Waals surface area contributed by atoms with Gasteiger partial charge in [0.1, 0.15) is 5.82 Å². The van der Waals surface area contributed by atoms with Gasteiger partial charge in [0.05, 0.1) is 6.20 Å². The van der Waals surface area contributed by atoms with Crippen LogP contribution in [0.3, 0.4) is 0 Å². The number of aromatic amines is 1. The average molecular weight is 175 g/mol. The molecule has 1 aromatic heterocycles. The van der Waals surface area contributed by atoms with Crippen LogP contribution in [0.4, 0.5) is 5.82 Å². The molecule has 0 aliphatic rings. The third-order valence-electron chi connectivity index (χ3n) is 0.996. The van der Waals surface area contributed by atoms with E-state index in [1.54, 1.807) is 12.3 Å². The molecule has 1 amide bonds. The molecule has 0 radical (unpaired) electrons. The summed E-state index contributed by atoms with van der Waals surface area (Å²) in [4.78, 5) is 10.6.